The average molecular weight is 311 g/mol. The number of fused-ring (bicyclic) bond motifs is 6. The van der Waals surface area contributed by atoms with Crippen molar-refractivity contribution in [1.82, 2.24) is 14.6 Å². The normalized spacial score (nSPS) is 30.7. The molecule has 2 atom stereocenters. The summed E-state index contributed by atoms with van der Waals surface area (Å²) in [6.45, 7) is 5.63. The molecule has 0 unspecified atom stereocenters. The molecular weight excluding hydrogens is 286 g/mol. The predicted molar refractivity (Wildman–Crippen MR) is 89.8 cm³/mol. The van der Waals surface area contributed by atoms with Crippen LogP contribution in [-0.2, 0) is 11.4 Å². The molecule has 3 heterocycles. The van der Waals surface area contributed by atoms with Gasteiger partial charge in [0.05, 0.1) is 17.6 Å². The number of hydrogen-bond acceptors (Lipinski definition) is 3. The van der Waals surface area contributed by atoms with Crippen LogP contribution in [0.5, 0.6) is 0 Å². The molecular formula is C19H25N3O. The van der Waals surface area contributed by atoms with Gasteiger partial charge in [0.2, 0.25) is 0 Å². The molecule has 4 heteroatoms. The third kappa shape index (κ3) is 1.88. The van der Waals surface area contributed by atoms with E-state index in [2.05, 4.69) is 47.7 Å². The van der Waals surface area contributed by atoms with E-state index in [1.807, 2.05) is 0 Å². The molecule has 1 saturated carbocycles. The van der Waals surface area contributed by atoms with Crippen LogP contribution in [0.4, 0.5) is 0 Å². The van der Waals surface area contributed by atoms with E-state index in [0.29, 0.717) is 6.04 Å². The van der Waals surface area contributed by atoms with Crippen LogP contribution in [0.3, 0.4) is 0 Å². The lowest BCUT2D eigenvalue weighted by atomic mass is 9.76. The van der Waals surface area contributed by atoms with Crippen molar-refractivity contribution in [2.75, 3.05) is 0 Å². The Kier molecular flexibility index (Phi) is 2.92. The molecule has 0 N–H and O–H groups in total. The highest BCUT2D eigenvalue weighted by molar-refractivity contribution is 5.76. The minimum Gasteiger partial charge on any atom is -0.324 e. The number of benzene rings is 1. The molecule has 1 aromatic heterocycles. The number of nitrogens with zero attached hydrogens (tertiary/aromatic N) is 3. The zero-order chi connectivity index (χ0) is 15.6. The zero-order valence-electron chi connectivity index (χ0n) is 14.0. The minimum absolute atomic E-state index is 0.120. The molecule has 5 rings (SSSR count). The van der Waals surface area contributed by atoms with Crippen molar-refractivity contribution >= 4 is 11.0 Å². The molecule has 2 aliphatic heterocycles. The van der Waals surface area contributed by atoms with Gasteiger partial charge in [0, 0.05) is 11.5 Å². The minimum atomic E-state index is 0.120. The summed E-state index contributed by atoms with van der Waals surface area (Å²) in [5.41, 5.74) is 2.49. The molecule has 23 heavy (non-hydrogen) atoms. The Balaban J connectivity index is 1.63. The lowest BCUT2D eigenvalue weighted by Crippen LogP contribution is -2.41. The van der Waals surface area contributed by atoms with Crippen LogP contribution >= 0.6 is 0 Å². The highest BCUT2D eigenvalue weighted by Gasteiger charge is 2.57. The van der Waals surface area contributed by atoms with E-state index in [1.165, 1.54) is 43.4 Å². The van der Waals surface area contributed by atoms with Crippen molar-refractivity contribution in [3.63, 3.8) is 0 Å². The van der Waals surface area contributed by atoms with Gasteiger partial charge in [0.1, 0.15) is 18.0 Å². The zero-order valence-corrected chi connectivity index (χ0v) is 14.0. The van der Waals surface area contributed by atoms with Crippen molar-refractivity contribution in [2.45, 2.75) is 70.7 Å². The first-order valence-corrected chi connectivity index (χ1v) is 9.06. The summed E-state index contributed by atoms with van der Waals surface area (Å²) in [6.07, 6.45) is 6.82. The number of imidazole rings is 1. The highest BCUT2D eigenvalue weighted by Crippen LogP contribution is 2.54. The number of hydroxylamine groups is 2. The van der Waals surface area contributed by atoms with Crippen molar-refractivity contribution in [1.29, 1.82) is 0 Å². The van der Waals surface area contributed by atoms with E-state index in [4.69, 9.17) is 9.82 Å². The van der Waals surface area contributed by atoms with Crippen LogP contribution in [0.15, 0.2) is 24.3 Å². The highest BCUT2D eigenvalue weighted by atomic mass is 16.7. The van der Waals surface area contributed by atoms with E-state index < -0.39 is 0 Å². The number of para-hydroxylation sites is 2. The summed E-state index contributed by atoms with van der Waals surface area (Å²) >= 11 is 0. The monoisotopic (exact) mass is 311 g/mol. The van der Waals surface area contributed by atoms with Crippen LogP contribution in [0.2, 0.25) is 0 Å². The van der Waals surface area contributed by atoms with Gasteiger partial charge in [-0.05, 0) is 25.0 Å². The molecule has 0 spiro atoms. The second-order valence-electron chi connectivity index (χ2n) is 8.04. The Morgan fingerprint density at radius 2 is 1.91 bits per heavy atom. The van der Waals surface area contributed by atoms with E-state index in [9.17, 15) is 0 Å². The average Bonchev–Trinajstić information content (AvgIpc) is 2.97. The van der Waals surface area contributed by atoms with Gasteiger partial charge in [-0.1, -0.05) is 45.2 Å². The first-order chi connectivity index (χ1) is 11.2. The van der Waals surface area contributed by atoms with Gasteiger partial charge < -0.3 is 4.57 Å². The maximum Gasteiger partial charge on any atom is 0.130 e. The summed E-state index contributed by atoms with van der Waals surface area (Å²) in [5, 5.41) is 2.34. The van der Waals surface area contributed by atoms with Gasteiger partial charge in [0.25, 0.3) is 0 Å². The predicted octanol–water partition coefficient (Wildman–Crippen LogP) is 4.07. The van der Waals surface area contributed by atoms with Crippen molar-refractivity contribution in [3.8, 4) is 0 Å². The molecule has 1 aromatic carbocycles. The third-order valence-electron chi connectivity index (χ3n) is 6.25. The topological polar surface area (TPSA) is 30.3 Å². The second kappa shape index (κ2) is 4.81. The van der Waals surface area contributed by atoms with Gasteiger partial charge in [-0.15, -0.1) is 0 Å². The van der Waals surface area contributed by atoms with Crippen molar-refractivity contribution in [3.05, 3.63) is 30.1 Å². The smallest absolute Gasteiger partial charge is 0.130 e. The summed E-state index contributed by atoms with van der Waals surface area (Å²) < 4.78 is 2.40. The molecule has 0 radical (unpaired) electrons. The largest absolute Gasteiger partial charge is 0.324 e. The summed E-state index contributed by atoms with van der Waals surface area (Å²) in [5.74, 6) is 1.20. The third-order valence-corrected chi connectivity index (χ3v) is 6.25. The Labute approximate surface area is 137 Å². The lowest BCUT2D eigenvalue weighted by molar-refractivity contribution is -0.193. The number of rotatable bonds is 1. The Bertz CT molecular complexity index is 744. The van der Waals surface area contributed by atoms with E-state index in [0.717, 1.165) is 12.1 Å². The fourth-order valence-electron chi connectivity index (χ4n) is 4.86. The van der Waals surface area contributed by atoms with E-state index >= 15 is 0 Å². The van der Waals surface area contributed by atoms with Gasteiger partial charge >= 0.3 is 0 Å². The molecule has 2 bridgehead atoms. The number of aromatic nitrogens is 2. The van der Waals surface area contributed by atoms with Gasteiger partial charge in [-0.25, -0.2) is 4.98 Å². The maximum absolute atomic E-state index is 6.50. The molecule has 0 amide bonds. The molecule has 1 aliphatic carbocycles. The fraction of sp³-hybridized carbons (Fsp3) is 0.632. The summed E-state index contributed by atoms with van der Waals surface area (Å²) in [6, 6.07) is 9.35. The Morgan fingerprint density at radius 1 is 1.13 bits per heavy atom. The molecule has 4 nitrogen and oxygen atoms in total. The first kappa shape index (κ1) is 14.0. The Hall–Kier alpha value is -1.39. The van der Waals surface area contributed by atoms with Crippen LogP contribution in [0.1, 0.15) is 57.8 Å². The second-order valence-corrected chi connectivity index (χ2v) is 8.04. The molecule has 122 valence electrons. The van der Waals surface area contributed by atoms with Gasteiger partial charge in [-0.3, -0.25) is 4.84 Å². The van der Waals surface area contributed by atoms with E-state index in [-0.39, 0.29) is 17.6 Å². The quantitative estimate of drug-likeness (QED) is 0.795. The Morgan fingerprint density at radius 3 is 2.74 bits per heavy atom. The summed E-state index contributed by atoms with van der Waals surface area (Å²) in [7, 11) is 0. The van der Waals surface area contributed by atoms with Crippen LogP contribution in [0.25, 0.3) is 11.0 Å². The fourth-order valence-corrected chi connectivity index (χ4v) is 4.86. The first-order valence-electron chi connectivity index (χ1n) is 9.06. The van der Waals surface area contributed by atoms with Gasteiger partial charge in [0.15, 0.2) is 0 Å². The van der Waals surface area contributed by atoms with Crippen LogP contribution in [-0.4, -0.2) is 26.8 Å². The summed E-state index contributed by atoms with van der Waals surface area (Å²) in [4.78, 5) is 11.5. The van der Waals surface area contributed by atoms with E-state index in [1.54, 1.807) is 0 Å². The number of hydrogen-bond donors (Lipinski definition) is 0. The van der Waals surface area contributed by atoms with Gasteiger partial charge in [-0.2, -0.15) is 5.06 Å². The van der Waals surface area contributed by atoms with Crippen molar-refractivity contribution in [2.24, 2.45) is 5.41 Å². The molecule has 3 aliphatic rings. The van der Waals surface area contributed by atoms with Crippen LogP contribution < -0.4 is 0 Å². The molecule has 2 fully saturated rings. The molecule has 2 aromatic rings. The lowest BCUT2D eigenvalue weighted by Gasteiger charge is -2.38. The SMILES string of the molecule is CC1(C)[C@@H]2c3nc4ccccc4n3C[C@H]1ON2C1CCCCC1. The maximum atomic E-state index is 6.50. The molecule has 1 saturated heterocycles. The standard InChI is InChI=1S/C19H25N3O/c1-19(2)16-12-21-15-11-7-6-10-14(15)20-18(21)17(19)22(23-16)13-8-4-3-5-9-13/h6-7,10-11,13,16-17H,3-5,8-9,12H2,1-2H3/t16-,17+/m1/s1. The van der Waals surface area contributed by atoms with Crippen molar-refractivity contribution < 1.29 is 4.84 Å². The van der Waals surface area contributed by atoms with Crippen LogP contribution in [0, 0.1) is 5.41 Å².